The summed E-state index contributed by atoms with van der Waals surface area (Å²) >= 11 is 6.16. The first kappa shape index (κ1) is 18.8. The number of halogens is 2. The van der Waals surface area contributed by atoms with Gasteiger partial charge in [-0.25, -0.2) is 0 Å². The molecule has 1 aromatic heterocycles. The van der Waals surface area contributed by atoms with Crippen molar-refractivity contribution in [2.75, 3.05) is 6.54 Å². The molecule has 0 radical (unpaired) electrons. The van der Waals surface area contributed by atoms with Gasteiger partial charge in [-0.2, -0.15) is 5.10 Å². The number of hydrogen-bond acceptors (Lipinski definition) is 3. The lowest BCUT2D eigenvalue weighted by atomic mass is 10.0. The minimum atomic E-state index is -0.0826. The molecule has 3 N–H and O–H groups in total. The third kappa shape index (κ3) is 4.29. The van der Waals surface area contributed by atoms with Crippen LogP contribution in [0.4, 0.5) is 0 Å². The van der Waals surface area contributed by atoms with Crippen molar-refractivity contribution in [1.29, 1.82) is 0 Å². The zero-order valence-corrected chi connectivity index (χ0v) is 14.9. The number of hydrogen-bond donors (Lipinski definition) is 2. The summed E-state index contributed by atoms with van der Waals surface area (Å²) in [5, 5.41) is 8.05. The SMILES string of the molecule is Cl.NCC1CCCC1NC(=O)c1cnn(Cc2ccccc2Cl)c1. The number of carbonyl (C=O) groups is 1. The Morgan fingerprint density at radius 2 is 2.17 bits per heavy atom. The summed E-state index contributed by atoms with van der Waals surface area (Å²) in [4.78, 5) is 12.4. The summed E-state index contributed by atoms with van der Waals surface area (Å²) in [5.41, 5.74) is 7.31. The monoisotopic (exact) mass is 368 g/mol. The molecular formula is C17H22Cl2N4O. The fourth-order valence-electron chi connectivity index (χ4n) is 3.13. The van der Waals surface area contributed by atoms with Gasteiger partial charge in [0.1, 0.15) is 0 Å². The summed E-state index contributed by atoms with van der Waals surface area (Å²) < 4.78 is 1.73. The van der Waals surface area contributed by atoms with Gasteiger partial charge in [-0.15, -0.1) is 12.4 Å². The second-order valence-electron chi connectivity index (χ2n) is 6.02. The number of nitrogens with two attached hydrogens (primary N) is 1. The van der Waals surface area contributed by atoms with Crippen LogP contribution >= 0.6 is 24.0 Å². The van der Waals surface area contributed by atoms with E-state index < -0.39 is 0 Å². The molecule has 130 valence electrons. The number of rotatable bonds is 5. The summed E-state index contributed by atoms with van der Waals surface area (Å²) in [5.74, 6) is 0.304. The quantitative estimate of drug-likeness (QED) is 0.851. The molecule has 0 saturated heterocycles. The highest BCUT2D eigenvalue weighted by Gasteiger charge is 2.27. The summed E-state index contributed by atoms with van der Waals surface area (Å²) in [7, 11) is 0. The predicted molar refractivity (Wildman–Crippen MR) is 97.7 cm³/mol. The average Bonchev–Trinajstić information content (AvgIpc) is 3.18. The van der Waals surface area contributed by atoms with Gasteiger partial charge in [-0.3, -0.25) is 9.48 Å². The molecule has 0 bridgehead atoms. The molecule has 7 heteroatoms. The van der Waals surface area contributed by atoms with Crippen LogP contribution in [-0.2, 0) is 6.54 Å². The Labute approximate surface area is 153 Å². The molecule has 2 atom stereocenters. The van der Waals surface area contributed by atoms with Gasteiger partial charge in [0.25, 0.3) is 5.91 Å². The van der Waals surface area contributed by atoms with Crippen LogP contribution in [0, 0.1) is 5.92 Å². The Hall–Kier alpha value is -1.56. The normalized spacial score (nSPS) is 19.8. The molecule has 1 aliphatic carbocycles. The fourth-order valence-corrected chi connectivity index (χ4v) is 3.32. The van der Waals surface area contributed by atoms with Crippen LogP contribution in [0.15, 0.2) is 36.7 Å². The van der Waals surface area contributed by atoms with Crippen LogP contribution in [0.5, 0.6) is 0 Å². The lowest BCUT2D eigenvalue weighted by molar-refractivity contribution is 0.0928. The van der Waals surface area contributed by atoms with Crippen LogP contribution in [-0.4, -0.2) is 28.3 Å². The highest BCUT2D eigenvalue weighted by atomic mass is 35.5. The Balaban J connectivity index is 0.00000208. The molecule has 1 saturated carbocycles. The van der Waals surface area contributed by atoms with Crippen molar-refractivity contribution in [2.45, 2.75) is 31.8 Å². The largest absolute Gasteiger partial charge is 0.349 e. The maximum absolute atomic E-state index is 12.4. The van der Waals surface area contributed by atoms with Crippen molar-refractivity contribution in [3.05, 3.63) is 52.8 Å². The van der Waals surface area contributed by atoms with E-state index in [2.05, 4.69) is 10.4 Å². The van der Waals surface area contributed by atoms with Crippen molar-refractivity contribution in [1.82, 2.24) is 15.1 Å². The smallest absolute Gasteiger partial charge is 0.254 e. The molecule has 5 nitrogen and oxygen atoms in total. The third-order valence-electron chi connectivity index (χ3n) is 4.46. The van der Waals surface area contributed by atoms with Crippen LogP contribution < -0.4 is 11.1 Å². The Bertz CT molecular complexity index is 689. The lowest BCUT2D eigenvalue weighted by Gasteiger charge is -2.18. The van der Waals surface area contributed by atoms with E-state index in [-0.39, 0.29) is 24.4 Å². The van der Waals surface area contributed by atoms with Gasteiger partial charge in [-0.05, 0) is 36.9 Å². The molecule has 2 unspecified atom stereocenters. The average molecular weight is 369 g/mol. The first-order valence-corrected chi connectivity index (χ1v) is 8.32. The number of nitrogens with zero attached hydrogens (tertiary/aromatic N) is 2. The Morgan fingerprint density at radius 1 is 1.38 bits per heavy atom. The van der Waals surface area contributed by atoms with Crippen LogP contribution in [0.25, 0.3) is 0 Å². The topological polar surface area (TPSA) is 72.9 Å². The number of benzene rings is 1. The lowest BCUT2D eigenvalue weighted by Crippen LogP contribution is -2.39. The molecule has 1 fully saturated rings. The van der Waals surface area contributed by atoms with Crippen LogP contribution in [0.3, 0.4) is 0 Å². The predicted octanol–water partition coefficient (Wildman–Crippen LogP) is 2.86. The molecule has 24 heavy (non-hydrogen) atoms. The molecule has 1 aromatic carbocycles. The molecule has 3 rings (SSSR count). The van der Waals surface area contributed by atoms with Crippen molar-refractivity contribution >= 4 is 29.9 Å². The fraction of sp³-hybridized carbons (Fsp3) is 0.412. The van der Waals surface area contributed by atoms with E-state index in [4.69, 9.17) is 17.3 Å². The first-order valence-electron chi connectivity index (χ1n) is 7.94. The minimum Gasteiger partial charge on any atom is -0.349 e. The first-order chi connectivity index (χ1) is 11.2. The van der Waals surface area contributed by atoms with Gasteiger partial charge < -0.3 is 11.1 Å². The molecule has 1 aliphatic rings. The van der Waals surface area contributed by atoms with E-state index in [1.807, 2.05) is 24.3 Å². The van der Waals surface area contributed by atoms with E-state index >= 15 is 0 Å². The molecular weight excluding hydrogens is 347 g/mol. The Kier molecular flexibility index (Phi) is 6.66. The van der Waals surface area contributed by atoms with Gasteiger partial charge in [0, 0.05) is 17.3 Å². The maximum Gasteiger partial charge on any atom is 0.254 e. The van der Waals surface area contributed by atoms with Gasteiger partial charge in [0.15, 0.2) is 0 Å². The zero-order valence-electron chi connectivity index (χ0n) is 13.3. The highest BCUT2D eigenvalue weighted by Crippen LogP contribution is 2.24. The van der Waals surface area contributed by atoms with Crippen molar-refractivity contribution in [2.24, 2.45) is 11.7 Å². The van der Waals surface area contributed by atoms with Crippen molar-refractivity contribution < 1.29 is 4.79 Å². The summed E-state index contributed by atoms with van der Waals surface area (Å²) in [6, 6.07) is 7.81. The standard InChI is InChI=1S/C17H21ClN4O.ClH/c18-15-6-2-1-4-13(15)10-22-11-14(9-20-22)17(23)21-16-7-3-5-12(16)8-19;/h1-2,4,6,9,11-12,16H,3,5,7-8,10,19H2,(H,21,23);1H. The second-order valence-corrected chi connectivity index (χ2v) is 6.43. The van der Waals surface area contributed by atoms with E-state index in [0.717, 1.165) is 24.8 Å². The van der Waals surface area contributed by atoms with Crippen molar-refractivity contribution in [3.63, 3.8) is 0 Å². The number of nitrogens with one attached hydrogen (secondary N) is 1. The van der Waals surface area contributed by atoms with Crippen molar-refractivity contribution in [3.8, 4) is 0 Å². The number of carbonyl (C=O) groups excluding carboxylic acids is 1. The number of amides is 1. The second kappa shape index (κ2) is 8.51. The van der Waals surface area contributed by atoms with Gasteiger partial charge in [0.05, 0.1) is 18.3 Å². The Morgan fingerprint density at radius 3 is 2.92 bits per heavy atom. The summed E-state index contributed by atoms with van der Waals surface area (Å²) in [6.07, 6.45) is 6.57. The zero-order chi connectivity index (χ0) is 16.2. The van der Waals surface area contributed by atoms with Gasteiger partial charge >= 0.3 is 0 Å². The van der Waals surface area contributed by atoms with Crippen LogP contribution in [0.1, 0.15) is 35.2 Å². The highest BCUT2D eigenvalue weighted by molar-refractivity contribution is 6.31. The van der Waals surface area contributed by atoms with Gasteiger partial charge in [0.2, 0.25) is 0 Å². The van der Waals surface area contributed by atoms with Crippen LogP contribution in [0.2, 0.25) is 5.02 Å². The number of aromatic nitrogens is 2. The molecule has 0 aliphatic heterocycles. The molecule has 2 aromatic rings. The van der Waals surface area contributed by atoms with E-state index in [1.54, 1.807) is 17.1 Å². The molecule has 0 spiro atoms. The summed E-state index contributed by atoms with van der Waals surface area (Å²) in [6.45, 7) is 1.17. The van der Waals surface area contributed by atoms with E-state index in [0.29, 0.717) is 29.6 Å². The van der Waals surface area contributed by atoms with E-state index in [1.165, 1.54) is 0 Å². The van der Waals surface area contributed by atoms with E-state index in [9.17, 15) is 4.79 Å². The minimum absolute atomic E-state index is 0. The molecule has 1 amide bonds. The van der Waals surface area contributed by atoms with Gasteiger partial charge in [-0.1, -0.05) is 36.2 Å². The maximum atomic E-state index is 12.4. The molecule has 1 heterocycles. The third-order valence-corrected chi connectivity index (χ3v) is 4.83.